The summed E-state index contributed by atoms with van der Waals surface area (Å²) in [4.78, 5) is 29.7. The number of hydrogen-bond donors (Lipinski definition) is 2. The molecule has 5 rings (SSSR count). The number of carbonyl (C=O) groups is 2. The largest absolute Gasteiger partial charge is 0.493 e. The quantitative estimate of drug-likeness (QED) is 0.276. The van der Waals surface area contributed by atoms with E-state index in [1.807, 2.05) is 36.4 Å². The Kier molecular flexibility index (Phi) is 8.06. The molecule has 0 atom stereocenters. The first-order valence-electron chi connectivity index (χ1n) is 13.4. The van der Waals surface area contributed by atoms with Crippen LogP contribution in [0.4, 0.5) is 0 Å². The number of benzene rings is 2. The standard InChI is InChI=1S/C29H35N3O6S/c1-32(9-12-37-13-10-32)8-5-11-38-24-14-22-25(15-23(24)36-2)39-26(31-22)19-30-28(35)29(18-27(33)34)16-20-6-3-4-7-21(20)17-29/h3-4,6-7,14-15H,5,8-13,16-19H2,1-2H3,(H-,30,33,34,35)/p+1. The number of quaternary nitrogens is 1. The molecule has 10 heteroatoms. The Morgan fingerprint density at radius 1 is 1.15 bits per heavy atom. The number of aliphatic carboxylic acids is 1. The van der Waals surface area contributed by atoms with Crippen LogP contribution in [0.15, 0.2) is 36.4 Å². The molecule has 1 aromatic heterocycles. The highest BCUT2D eigenvalue weighted by atomic mass is 32.1. The smallest absolute Gasteiger partial charge is 0.304 e. The number of likely N-dealkylation sites (N-methyl/N-ethyl adjacent to an activating group) is 1. The van der Waals surface area contributed by atoms with Crippen LogP contribution in [-0.4, -0.2) is 80.1 Å². The lowest BCUT2D eigenvalue weighted by Crippen LogP contribution is -2.52. The molecule has 1 aliphatic heterocycles. The molecule has 0 radical (unpaired) electrons. The summed E-state index contributed by atoms with van der Waals surface area (Å²) in [5, 5.41) is 13.3. The number of carboxylic acids is 1. The van der Waals surface area contributed by atoms with E-state index in [-0.39, 0.29) is 18.9 Å². The third kappa shape index (κ3) is 6.18. The van der Waals surface area contributed by atoms with Gasteiger partial charge in [0.1, 0.15) is 18.1 Å². The number of fused-ring (bicyclic) bond motifs is 2. The number of rotatable bonds is 11. The Morgan fingerprint density at radius 3 is 2.54 bits per heavy atom. The Bertz CT molecular complexity index is 1330. The van der Waals surface area contributed by atoms with Crippen LogP contribution < -0.4 is 14.8 Å². The number of thiazole rings is 1. The van der Waals surface area contributed by atoms with Crippen LogP contribution in [0, 0.1) is 5.41 Å². The number of hydrogen-bond acceptors (Lipinski definition) is 7. The molecule has 0 saturated carbocycles. The summed E-state index contributed by atoms with van der Waals surface area (Å²) in [6.07, 6.45) is 1.56. The van der Waals surface area contributed by atoms with Crippen LogP contribution in [0.5, 0.6) is 11.5 Å². The van der Waals surface area contributed by atoms with Gasteiger partial charge in [-0.1, -0.05) is 24.3 Å². The van der Waals surface area contributed by atoms with Gasteiger partial charge in [0.15, 0.2) is 11.5 Å². The van der Waals surface area contributed by atoms with E-state index in [0.717, 1.165) is 70.1 Å². The van der Waals surface area contributed by atoms with Crippen LogP contribution in [0.1, 0.15) is 29.0 Å². The van der Waals surface area contributed by atoms with Crippen molar-refractivity contribution in [3.05, 3.63) is 52.5 Å². The summed E-state index contributed by atoms with van der Waals surface area (Å²) >= 11 is 1.47. The molecule has 1 aliphatic carbocycles. The van der Waals surface area contributed by atoms with E-state index >= 15 is 0 Å². The fourth-order valence-electron chi connectivity index (χ4n) is 5.66. The van der Waals surface area contributed by atoms with E-state index in [2.05, 4.69) is 12.4 Å². The molecule has 0 spiro atoms. The fraction of sp³-hybridized carbons (Fsp3) is 0.483. The molecular weight excluding hydrogens is 518 g/mol. The zero-order chi connectivity index (χ0) is 27.5. The van der Waals surface area contributed by atoms with Crippen LogP contribution in [-0.2, 0) is 33.7 Å². The molecule has 0 unspecified atom stereocenters. The van der Waals surface area contributed by atoms with Gasteiger partial charge in [-0.05, 0) is 24.0 Å². The number of carbonyl (C=O) groups excluding carboxylic acids is 1. The molecular formula is C29H36N3O6S+. The minimum atomic E-state index is -0.989. The van der Waals surface area contributed by atoms with Gasteiger partial charge in [0, 0.05) is 18.6 Å². The SMILES string of the molecule is COc1cc2sc(CNC(=O)C3(CC(=O)O)Cc4ccccc4C3)nc2cc1OCCC[N+]1(C)CCOCC1. The van der Waals surface area contributed by atoms with E-state index in [0.29, 0.717) is 30.9 Å². The third-order valence-electron chi connectivity index (χ3n) is 7.92. The Labute approximate surface area is 232 Å². The molecule has 208 valence electrons. The predicted molar refractivity (Wildman–Crippen MR) is 148 cm³/mol. The average molecular weight is 555 g/mol. The molecule has 2 heterocycles. The van der Waals surface area contributed by atoms with Gasteiger partial charge in [-0.3, -0.25) is 9.59 Å². The van der Waals surface area contributed by atoms with Gasteiger partial charge < -0.3 is 29.1 Å². The van der Waals surface area contributed by atoms with Crippen LogP contribution >= 0.6 is 11.3 Å². The first kappa shape index (κ1) is 27.4. The van der Waals surface area contributed by atoms with E-state index in [1.54, 1.807) is 7.11 Å². The average Bonchev–Trinajstić information content (AvgIpc) is 3.49. The molecule has 2 aliphatic rings. The minimum Gasteiger partial charge on any atom is -0.493 e. The summed E-state index contributed by atoms with van der Waals surface area (Å²) in [6, 6.07) is 11.6. The molecule has 3 aromatic rings. The summed E-state index contributed by atoms with van der Waals surface area (Å²) in [6.45, 7) is 5.51. The van der Waals surface area contributed by atoms with E-state index in [9.17, 15) is 14.7 Å². The molecule has 39 heavy (non-hydrogen) atoms. The number of aromatic nitrogens is 1. The van der Waals surface area contributed by atoms with Crippen LogP contribution in [0.25, 0.3) is 10.2 Å². The number of methoxy groups -OCH3 is 1. The normalized spacial score (nSPS) is 17.5. The van der Waals surface area contributed by atoms with Crippen molar-refractivity contribution in [3.63, 3.8) is 0 Å². The van der Waals surface area contributed by atoms with Crippen LogP contribution in [0.3, 0.4) is 0 Å². The second kappa shape index (κ2) is 11.5. The lowest BCUT2D eigenvalue weighted by Gasteiger charge is -2.37. The van der Waals surface area contributed by atoms with Crippen molar-refractivity contribution in [2.45, 2.75) is 32.2 Å². The maximum atomic E-state index is 13.4. The second-order valence-corrected chi connectivity index (χ2v) is 12.0. The van der Waals surface area contributed by atoms with Crippen molar-refractivity contribution < 1.29 is 33.4 Å². The van der Waals surface area contributed by atoms with E-state index < -0.39 is 11.4 Å². The van der Waals surface area contributed by atoms with Crippen molar-refractivity contribution in [1.29, 1.82) is 0 Å². The van der Waals surface area contributed by atoms with Gasteiger partial charge in [-0.2, -0.15) is 0 Å². The van der Waals surface area contributed by atoms with Gasteiger partial charge in [-0.15, -0.1) is 11.3 Å². The Hall–Kier alpha value is -3.21. The fourth-order valence-corrected chi connectivity index (χ4v) is 6.58. The topological polar surface area (TPSA) is 107 Å². The van der Waals surface area contributed by atoms with Crippen molar-refractivity contribution in [2.75, 3.05) is 53.6 Å². The number of carboxylic acid groups (broad SMARTS) is 1. The highest BCUT2D eigenvalue weighted by molar-refractivity contribution is 7.18. The van der Waals surface area contributed by atoms with Gasteiger partial charge in [0.05, 0.1) is 69.1 Å². The van der Waals surface area contributed by atoms with Crippen molar-refractivity contribution in [2.24, 2.45) is 5.41 Å². The molecule has 9 nitrogen and oxygen atoms in total. The summed E-state index contributed by atoms with van der Waals surface area (Å²) in [5.74, 6) is 0.0780. The van der Waals surface area contributed by atoms with Crippen molar-refractivity contribution >= 4 is 33.4 Å². The molecule has 2 aromatic carbocycles. The maximum absolute atomic E-state index is 13.4. The zero-order valence-electron chi connectivity index (χ0n) is 22.5. The van der Waals surface area contributed by atoms with Gasteiger partial charge in [-0.25, -0.2) is 4.98 Å². The first-order chi connectivity index (χ1) is 18.8. The Morgan fingerprint density at radius 2 is 1.87 bits per heavy atom. The predicted octanol–water partition coefficient (Wildman–Crippen LogP) is 3.43. The monoisotopic (exact) mass is 554 g/mol. The molecule has 1 amide bonds. The molecule has 1 fully saturated rings. The van der Waals surface area contributed by atoms with Crippen molar-refractivity contribution in [3.8, 4) is 11.5 Å². The van der Waals surface area contributed by atoms with Crippen molar-refractivity contribution in [1.82, 2.24) is 10.3 Å². The number of ether oxygens (including phenoxy) is 3. The minimum absolute atomic E-state index is 0.211. The van der Waals surface area contributed by atoms with Gasteiger partial charge >= 0.3 is 5.97 Å². The van der Waals surface area contributed by atoms with E-state index in [4.69, 9.17) is 19.2 Å². The number of nitrogens with one attached hydrogen (secondary N) is 1. The van der Waals surface area contributed by atoms with Crippen LogP contribution in [0.2, 0.25) is 0 Å². The van der Waals surface area contributed by atoms with Gasteiger partial charge in [0.25, 0.3) is 0 Å². The number of morpholine rings is 1. The molecule has 2 N–H and O–H groups in total. The number of amides is 1. The summed E-state index contributed by atoms with van der Waals surface area (Å²) in [5.41, 5.74) is 1.86. The number of nitrogens with zero attached hydrogens (tertiary/aromatic N) is 2. The van der Waals surface area contributed by atoms with E-state index in [1.165, 1.54) is 11.3 Å². The highest BCUT2D eigenvalue weighted by Crippen LogP contribution is 2.40. The zero-order valence-corrected chi connectivity index (χ0v) is 23.3. The molecule has 1 saturated heterocycles. The third-order valence-corrected chi connectivity index (χ3v) is 8.93. The maximum Gasteiger partial charge on any atom is 0.304 e. The van der Waals surface area contributed by atoms with Gasteiger partial charge in [0.2, 0.25) is 5.91 Å². The lowest BCUT2D eigenvalue weighted by molar-refractivity contribution is -0.917. The highest BCUT2D eigenvalue weighted by Gasteiger charge is 2.45. The summed E-state index contributed by atoms with van der Waals surface area (Å²) in [7, 11) is 3.89. The molecule has 0 bridgehead atoms. The lowest BCUT2D eigenvalue weighted by atomic mass is 9.80. The second-order valence-electron chi connectivity index (χ2n) is 10.8. The summed E-state index contributed by atoms with van der Waals surface area (Å²) < 4.78 is 19.1. The first-order valence-corrected chi connectivity index (χ1v) is 14.2. The Balaban J connectivity index is 1.23.